The Bertz CT molecular complexity index is 783. The van der Waals surface area contributed by atoms with E-state index in [0.717, 1.165) is 23.3 Å². The SMILES string of the molecule is CCCOc1ccc(C=CC(=O)Nc2cc([N+](=O)[O-])ccc2C)cc1. The average molecular weight is 340 g/mol. The predicted molar refractivity (Wildman–Crippen MR) is 97.7 cm³/mol. The Kier molecular flexibility index (Phi) is 6.28. The highest BCUT2D eigenvalue weighted by Gasteiger charge is 2.09. The highest BCUT2D eigenvalue weighted by Crippen LogP contribution is 2.22. The van der Waals surface area contributed by atoms with Gasteiger partial charge in [0.2, 0.25) is 5.91 Å². The average Bonchev–Trinajstić information content (AvgIpc) is 2.60. The number of hydrogen-bond acceptors (Lipinski definition) is 4. The Balaban J connectivity index is 2.01. The first-order chi connectivity index (χ1) is 12.0. The first kappa shape index (κ1) is 18.2. The molecule has 0 fully saturated rings. The zero-order valence-corrected chi connectivity index (χ0v) is 14.2. The fourth-order valence-electron chi connectivity index (χ4n) is 2.10. The van der Waals surface area contributed by atoms with Gasteiger partial charge in [-0.1, -0.05) is 25.1 Å². The van der Waals surface area contributed by atoms with Crippen molar-refractivity contribution in [2.24, 2.45) is 0 Å². The molecule has 0 heterocycles. The standard InChI is InChI=1S/C19H20N2O4/c1-3-12-25-17-9-5-15(6-10-17)7-11-19(22)20-18-13-16(21(23)24)8-4-14(18)2/h4-11,13H,3,12H2,1-2H3,(H,20,22). The van der Waals surface area contributed by atoms with Crippen molar-refractivity contribution in [3.8, 4) is 5.75 Å². The van der Waals surface area contributed by atoms with Crippen molar-refractivity contribution in [1.29, 1.82) is 0 Å². The van der Waals surface area contributed by atoms with Crippen molar-refractivity contribution < 1.29 is 14.5 Å². The van der Waals surface area contributed by atoms with Gasteiger partial charge in [-0.3, -0.25) is 14.9 Å². The Morgan fingerprint density at radius 1 is 1.24 bits per heavy atom. The Labute approximate surface area is 146 Å². The van der Waals surface area contributed by atoms with Gasteiger partial charge in [0.05, 0.1) is 17.2 Å². The van der Waals surface area contributed by atoms with Crippen molar-refractivity contribution in [1.82, 2.24) is 0 Å². The molecule has 0 aliphatic carbocycles. The summed E-state index contributed by atoms with van der Waals surface area (Å²) in [5.41, 5.74) is 1.97. The highest BCUT2D eigenvalue weighted by molar-refractivity contribution is 6.02. The third-order valence-electron chi connectivity index (χ3n) is 3.47. The molecule has 130 valence electrons. The van der Waals surface area contributed by atoms with Crippen LogP contribution in [0.3, 0.4) is 0 Å². The fraction of sp³-hybridized carbons (Fsp3) is 0.211. The smallest absolute Gasteiger partial charge is 0.271 e. The molecule has 0 aliphatic rings. The van der Waals surface area contributed by atoms with Crippen LogP contribution in [-0.2, 0) is 4.79 Å². The number of rotatable bonds is 7. The first-order valence-electron chi connectivity index (χ1n) is 7.96. The van der Waals surface area contributed by atoms with E-state index in [4.69, 9.17) is 4.74 Å². The molecule has 0 radical (unpaired) electrons. The van der Waals surface area contributed by atoms with E-state index < -0.39 is 4.92 Å². The van der Waals surface area contributed by atoms with Crippen LogP contribution in [0.1, 0.15) is 24.5 Å². The molecule has 6 heteroatoms. The first-order valence-corrected chi connectivity index (χ1v) is 7.96. The van der Waals surface area contributed by atoms with E-state index in [-0.39, 0.29) is 11.6 Å². The van der Waals surface area contributed by atoms with Gasteiger partial charge in [-0.2, -0.15) is 0 Å². The molecule has 1 amide bonds. The van der Waals surface area contributed by atoms with Crippen LogP contribution in [-0.4, -0.2) is 17.4 Å². The maximum atomic E-state index is 12.0. The summed E-state index contributed by atoms with van der Waals surface area (Å²) in [6.45, 7) is 4.48. The van der Waals surface area contributed by atoms with Crippen LogP contribution in [0.15, 0.2) is 48.5 Å². The lowest BCUT2D eigenvalue weighted by Crippen LogP contribution is -2.09. The van der Waals surface area contributed by atoms with Gasteiger partial charge in [-0.25, -0.2) is 0 Å². The normalized spacial score (nSPS) is 10.6. The van der Waals surface area contributed by atoms with E-state index in [9.17, 15) is 14.9 Å². The summed E-state index contributed by atoms with van der Waals surface area (Å²) in [6.07, 6.45) is 4.00. The van der Waals surface area contributed by atoms with Crippen molar-refractivity contribution in [3.05, 3.63) is 69.8 Å². The number of ether oxygens (including phenoxy) is 1. The highest BCUT2D eigenvalue weighted by atomic mass is 16.6. The Hall–Kier alpha value is -3.15. The van der Waals surface area contributed by atoms with Gasteiger partial charge < -0.3 is 10.1 Å². The summed E-state index contributed by atoms with van der Waals surface area (Å²) in [5.74, 6) is 0.436. The van der Waals surface area contributed by atoms with Crippen LogP contribution in [0.4, 0.5) is 11.4 Å². The van der Waals surface area contributed by atoms with Crippen molar-refractivity contribution in [2.75, 3.05) is 11.9 Å². The molecule has 0 saturated carbocycles. The zero-order chi connectivity index (χ0) is 18.2. The van der Waals surface area contributed by atoms with Crippen LogP contribution in [0.5, 0.6) is 5.75 Å². The second-order valence-electron chi connectivity index (χ2n) is 5.50. The monoisotopic (exact) mass is 340 g/mol. The molecule has 0 unspecified atom stereocenters. The minimum Gasteiger partial charge on any atom is -0.494 e. The molecule has 6 nitrogen and oxygen atoms in total. The Morgan fingerprint density at radius 2 is 1.96 bits per heavy atom. The lowest BCUT2D eigenvalue weighted by atomic mass is 10.1. The lowest BCUT2D eigenvalue weighted by molar-refractivity contribution is -0.384. The number of anilines is 1. The fourth-order valence-corrected chi connectivity index (χ4v) is 2.10. The van der Waals surface area contributed by atoms with Gasteiger partial charge in [0, 0.05) is 18.2 Å². The molecule has 25 heavy (non-hydrogen) atoms. The second kappa shape index (κ2) is 8.63. The topological polar surface area (TPSA) is 81.5 Å². The number of aryl methyl sites for hydroxylation is 1. The minimum absolute atomic E-state index is 0.0625. The van der Waals surface area contributed by atoms with Crippen LogP contribution >= 0.6 is 0 Å². The van der Waals surface area contributed by atoms with E-state index in [1.54, 1.807) is 19.1 Å². The number of amides is 1. The molecule has 0 bridgehead atoms. The van der Waals surface area contributed by atoms with Crippen LogP contribution in [0, 0.1) is 17.0 Å². The van der Waals surface area contributed by atoms with Crippen molar-refractivity contribution in [2.45, 2.75) is 20.3 Å². The van der Waals surface area contributed by atoms with Crippen LogP contribution < -0.4 is 10.1 Å². The second-order valence-corrected chi connectivity index (χ2v) is 5.50. The molecule has 0 saturated heterocycles. The summed E-state index contributed by atoms with van der Waals surface area (Å²) in [4.78, 5) is 22.4. The van der Waals surface area contributed by atoms with Gasteiger partial charge in [-0.05, 0) is 42.7 Å². The third-order valence-corrected chi connectivity index (χ3v) is 3.47. The molecule has 2 aromatic rings. The summed E-state index contributed by atoms with van der Waals surface area (Å²) < 4.78 is 5.50. The van der Waals surface area contributed by atoms with E-state index in [2.05, 4.69) is 5.32 Å². The number of nitro benzene ring substituents is 1. The van der Waals surface area contributed by atoms with Gasteiger partial charge in [0.15, 0.2) is 0 Å². The van der Waals surface area contributed by atoms with Crippen molar-refractivity contribution in [3.63, 3.8) is 0 Å². The number of nitrogens with one attached hydrogen (secondary N) is 1. The molecule has 0 spiro atoms. The van der Waals surface area contributed by atoms with Crippen LogP contribution in [0.25, 0.3) is 6.08 Å². The zero-order valence-electron chi connectivity index (χ0n) is 14.2. The van der Waals surface area contributed by atoms with Gasteiger partial charge >= 0.3 is 0 Å². The van der Waals surface area contributed by atoms with Gasteiger partial charge in [0.1, 0.15) is 5.75 Å². The number of carbonyl (C=O) groups excluding carboxylic acids is 1. The molecule has 1 N–H and O–H groups in total. The van der Waals surface area contributed by atoms with E-state index in [1.165, 1.54) is 18.2 Å². The maximum Gasteiger partial charge on any atom is 0.271 e. The Morgan fingerprint density at radius 3 is 2.60 bits per heavy atom. The number of non-ortho nitro benzene ring substituents is 1. The van der Waals surface area contributed by atoms with E-state index in [1.807, 2.05) is 31.2 Å². The summed E-state index contributed by atoms with van der Waals surface area (Å²) in [5, 5.41) is 13.5. The quantitative estimate of drug-likeness (QED) is 0.462. The number of benzene rings is 2. The van der Waals surface area contributed by atoms with Crippen molar-refractivity contribution >= 4 is 23.4 Å². The summed E-state index contributed by atoms with van der Waals surface area (Å²) >= 11 is 0. The molecule has 0 aromatic heterocycles. The lowest BCUT2D eigenvalue weighted by Gasteiger charge is -2.06. The van der Waals surface area contributed by atoms with Gasteiger partial charge in [-0.15, -0.1) is 0 Å². The van der Waals surface area contributed by atoms with E-state index in [0.29, 0.717) is 12.3 Å². The molecule has 2 rings (SSSR count). The minimum atomic E-state index is -0.493. The molecule has 0 atom stereocenters. The summed E-state index contributed by atoms with van der Waals surface area (Å²) in [7, 11) is 0. The maximum absolute atomic E-state index is 12.0. The van der Waals surface area contributed by atoms with Gasteiger partial charge in [0.25, 0.3) is 5.69 Å². The number of hydrogen-bond donors (Lipinski definition) is 1. The van der Waals surface area contributed by atoms with Crippen LogP contribution in [0.2, 0.25) is 0 Å². The summed E-state index contributed by atoms with van der Waals surface area (Å²) in [6, 6.07) is 11.8. The predicted octanol–water partition coefficient (Wildman–Crippen LogP) is 4.34. The largest absolute Gasteiger partial charge is 0.494 e. The molecule has 0 aliphatic heterocycles. The molecular formula is C19H20N2O4. The number of nitro groups is 1. The number of nitrogens with zero attached hydrogens (tertiary/aromatic N) is 1. The third kappa shape index (κ3) is 5.46. The molecular weight excluding hydrogens is 320 g/mol. The number of carbonyl (C=O) groups is 1. The van der Waals surface area contributed by atoms with E-state index >= 15 is 0 Å². The molecule has 2 aromatic carbocycles.